The third kappa shape index (κ3) is 6.96. The number of hydrogen-bond donors (Lipinski definition) is 1. The van der Waals surface area contributed by atoms with Gasteiger partial charge in [0.25, 0.3) is 5.91 Å². The van der Waals surface area contributed by atoms with Crippen molar-refractivity contribution in [3.05, 3.63) is 59.6 Å². The van der Waals surface area contributed by atoms with Gasteiger partial charge in [0.15, 0.2) is 11.5 Å². The molecular formula is C31H41ClN4O4S. The van der Waals surface area contributed by atoms with Crippen molar-refractivity contribution < 1.29 is 19.1 Å². The van der Waals surface area contributed by atoms with Crippen LogP contribution in [0, 0.1) is 0 Å². The number of hydrogen-bond acceptors (Lipinski definition) is 7. The Balaban J connectivity index is 0.00000189. The van der Waals surface area contributed by atoms with Gasteiger partial charge < -0.3 is 29.5 Å². The molecule has 3 heterocycles. The number of allylic oxidation sites excluding steroid dienone is 1. The second kappa shape index (κ2) is 13.9. The van der Waals surface area contributed by atoms with Gasteiger partial charge in [0.05, 0.1) is 16.3 Å². The van der Waals surface area contributed by atoms with Gasteiger partial charge in [-0.25, -0.2) is 0 Å². The van der Waals surface area contributed by atoms with E-state index in [2.05, 4.69) is 23.7 Å². The molecule has 10 heteroatoms. The molecule has 41 heavy (non-hydrogen) atoms. The summed E-state index contributed by atoms with van der Waals surface area (Å²) >= 11 is 7.98. The fraction of sp³-hybridized carbons (Fsp3) is 0.484. The van der Waals surface area contributed by atoms with Crippen LogP contribution in [0.3, 0.4) is 0 Å². The molecule has 2 fully saturated rings. The zero-order chi connectivity index (χ0) is 29.6. The van der Waals surface area contributed by atoms with Crippen LogP contribution < -0.4 is 19.7 Å². The second-order valence-corrected chi connectivity index (χ2v) is 11.8. The fourth-order valence-corrected chi connectivity index (χ4v) is 6.57. The van der Waals surface area contributed by atoms with Crippen molar-refractivity contribution in [3.8, 4) is 11.5 Å². The predicted molar refractivity (Wildman–Crippen MR) is 167 cm³/mol. The number of anilines is 1. The highest BCUT2D eigenvalue weighted by Gasteiger charge is 2.43. The van der Waals surface area contributed by atoms with Crippen molar-refractivity contribution in [2.75, 3.05) is 57.2 Å². The minimum absolute atomic E-state index is 0.0126. The highest BCUT2D eigenvalue weighted by molar-refractivity contribution is 8.00. The monoisotopic (exact) mass is 600 g/mol. The first-order chi connectivity index (χ1) is 19.8. The third-order valence-corrected chi connectivity index (χ3v) is 9.32. The maximum Gasteiger partial charge on any atom is 0.254 e. The normalized spacial score (nSPS) is 18.8. The number of carbonyl (C=O) groups is 2. The lowest BCUT2D eigenvalue weighted by atomic mass is 9.85. The topological polar surface area (TPSA) is 74.4 Å². The zero-order valence-corrected chi connectivity index (χ0v) is 26.0. The molecule has 0 bridgehead atoms. The molecule has 2 aromatic rings. The number of nitrogens with one attached hydrogen (secondary N) is 1. The van der Waals surface area contributed by atoms with Crippen molar-refractivity contribution in [2.45, 2.75) is 50.1 Å². The SMILES string of the molecule is C=CCCC1(NC)CN(C(=O)CSc2ccc(C(=O)N3CCN(c4ccc5c(c4)OCO5)C[C@H]3C)cc2Cl)C1.CC. The molecule has 222 valence electrons. The number of likely N-dealkylation sites (N-methyl/N-ethyl adjacent to an activating group) is 1. The number of fused-ring (bicyclic) bond motifs is 1. The highest BCUT2D eigenvalue weighted by Crippen LogP contribution is 2.36. The molecule has 0 unspecified atom stereocenters. The van der Waals surface area contributed by atoms with E-state index in [-0.39, 0.29) is 30.2 Å². The lowest BCUT2D eigenvalue weighted by Crippen LogP contribution is -2.69. The van der Waals surface area contributed by atoms with E-state index in [0.29, 0.717) is 42.5 Å². The van der Waals surface area contributed by atoms with Crippen LogP contribution >= 0.6 is 23.4 Å². The van der Waals surface area contributed by atoms with Gasteiger partial charge in [-0.1, -0.05) is 31.5 Å². The Kier molecular flexibility index (Phi) is 10.5. The van der Waals surface area contributed by atoms with E-state index in [4.69, 9.17) is 21.1 Å². The molecule has 1 N–H and O–H groups in total. The average molecular weight is 601 g/mol. The first-order valence-corrected chi connectivity index (χ1v) is 15.6. The zero-order valence-electron chi connectivity index (χ0n) is 24.5. The van der Waals surface area contributed by atoms with Crippen LogP contribution in [0.5, 0.6) is 11.5 Å². The molecule has 5 rings (SSSR count). The third-order valence-electron chi connectivity index (χ3n) is 7.84. The van der Waals surface area contributed by atoms with Crippen molar-refractivity contribution in [2.24, 2.45) is 0 Å². The molecule has 0 aromatic heterocycles. The number of carbonyl (C=O) groups excluding carboxylic acids is 2. The van der Waals surface area contributed by atoms with Crippen LogP contribution in [0.1, 0.15) is 44.0 Å². The van der Waals surface area contributed by atoms with Crippen LogP contribution in [-0.4, -0.2) is 85.5 Å². The van der Waals surface area contributed by atoms with E-state index in [0.717, 1.165) is 41.5 Å². The van der Waals surface area contributed by atoms with E-state index in [1.54, 1.807) is 6.07 Å². The van der Waals surface area contributed by atoms with E-state index in [9.17, 15) is 9.59 Å². The van der Waals surface area contributed by atoms with E-state index in [1.165, 1.54) is 11.8 Å². The molecule has 8 nitrogen and oxygen atoms in total. The van der Waals surface area contributed by atoms with Crippen molar-refractivity contribution in [1.82, 2.24) is 15.1 Å². The molecule has 3 aliphatic heterocycles. The molecule has 0 radical (unpaired) electrons. The number of amides is 2. The van der Waals surface area contributed by atoms with Crippen LogP contribution in [-0.2, 0) is 4.79 Å². The lowest BCUT2D eigenvalue weighted by Gasteiger charge is -2.50. The Morgan fingerprint density at radius 1 is 1.15 bits per heavy atom. The quantitative estimate of drug-likeness (QED) is 0.309. The maximum absolute atomic E-state index is 13.4. The maximum atomic E-state index is 13.4. The molecule has 0 spiro atoms. The largest absolute Gasteiger partial charge is 0.454 e. The number of halogens is 1. The Morgan fingerprint density at radius 2 is 1.90 bits per heavy atom. The van der Waals surface area contributed by atoms with Gasteiger partial charge in [-0.05, 0) is 57.1 Å². The summed E-state index contributed by atoms with van der Waals surface area (Å²) in [6, 6.07) is 11.4. The molecule has 2 amide bonds. The van der Waals surface area contributed by atoms with Crippen LogP contribution in [0.25, 0.3) is 0 Å². The first kappa shape index (κ1) is 31.1. The Morgan fingerprint density at radius 3 is 2.59 bits per heavy atom. The van der Waals surface area contributed by atoms with Gasteiger partial charge >= 0.3 is 0 Å². The summed E-state index contributed by atoms with van der Waals surface area (Å²) in [5.41, 5.74) is 1.60. The molecular weight excluding hydrogens is 560 g/mol. The summed E-state index contributed by atoms with van der Waals surface area (Å²) in [5.74, 6) is 1.89. The van der Waals surface area contributed by atoms with Crippen molar-refractivity contribution in [3.63, 3.8) is 0 Å². The van der Waals surface area contributed by atoms with E-state index >= 15 is 0 Å². The molecule has 0 aliphatic carbocycles. The first-order valence-electron chi connectivity index (χ1n) is 14.3. The van der Waals surface area contributed by atoms with Gasteiger partial charge in [-0.2, -0.15) is 0 Å². The minimum atomic E-state index is -0.0362. The summed E-state index contributed by atoms with van der Waals surface area (Å²) in [4.78, 5) is 32.9. The van der Waals surface area contributed by atoms with Crippen molar-refractivity contribution >= 4 is 40.9 Å². The number of rotatable bonds is 9. The van der Waals surface area contributed by atoms with Gasteiger partial charge in [0.1, 0.15) is 0 Å². The fourth-order valence-electron chi connectivity index (χ4n) is 5.40. The predicted octanol–water partition coefficient (Wildman–Crippen LogP) is 5.30. The molecule has 0 saturated carbocycles. The van der Waals surface area contributed by atoms with Crippen LogP contribution in [0.4, 0.5) is 5.69 Å². The van der Waals surface area contributed by atoms with Gasteiger partial charge in [0, 0.05) is 61.0 Å². The van der Waals surface area contributed by atoms with Gasteiger partial charge in [-0.3, -0.25) is 9.59 Å². The molecule has 2 aromatic carbocycles. The van der Waals surface area contributed by atoms with Crippen LogP contribution in [0.15, 0.2) is 53.9 Å². The Labute approximate surface area is 253 Å². The molecule has 2 saturated heterocycles. The number of piperazine rings is 1. The number of likely N-dealkylation sites (tertiary alicyclic amines) is 1. The summed E-state index contributed by atoms with van der Waals surface area (Å²) in [7, 11) is 1.95. The Hall–Kier alpha value is -2.88. The summed E-state index contributed by atoms with van der Waals surface area (Å²) in [5, 5.41) is 3.86. The minimum Gasteiger partial charge on any atom is -0.454 e. The highest BCUT2D eigenvalue weighted by atomic mass is 35.5. The summed E-state index contributed by atoms with van der Waals surface area (Å²) < 4.78 is 10.9. The van der Waals surface area contributed by atoms with Gasteiger partial charge in [0.2, 0.25) is 12.7 Å². The summed E-state index contributed by atoms with van der Waals surface area (Å²) in [6.07, 6.45) is 3.81. The average Bonchev–Trinajstić information content (AvgIpc) is 3.45. The number of benzene rings is 2. The Bertz CT molecular complexity index is 1250. The smallest absolute Gasteiger partial charge is 0.254 e. The van der Waals surface area contributed by atoms with Crippen molar-refractivity contribution in [1.29, 1.82) is 0 Å². The number of thioether (sulfide) groups is 1. The number of nitrogens with zero attached hydrogens (tertiary/aromatic N) is 3. The van der Waals surface area contributed by atoms with Crippen LogP contribution in [0.2, 0.25) is 5.02 Å². The van der Waals surface area contributed by atoms with E-state index < -0.39 is 0 Å². The second-order valence-electron chi connectivity index (χ2n) is 10.4. The lowest BCUT2D eigenvalue weighted by molar-refractivity contribution is -0.136. The van der Waals surface area contributed by atoms with E-state index in [1.807, 2.05) is 67.1 Å². The molecule has 3 aliphatic rings. The van der Waals surface area contributed by atoms with Gasteiger partial charge in [-0.15, -0.1) is 18.3 Å². The standard InChI is InChI=1S/C29H35ClN4O4S.C2H6/c1-4-5-10-29(31-3)17-33(18-29)27(35)16-39-26-9-6-21(13-23(26)30)28(36)34-12-11-32(15-20(34)2)22-7-8-24-25(14-22)38-19-37-24;1-2/h4,6-9,13-14,20,31H,1,5,10-12,15-19H2,2-3H3;1-2H3/t20-;/m1./s1. The number of ether oxygens (including phenoxy) is 2. The molecule has 1 atom stereocenters. The summed E-state index contributed by atoms with van der Waals surface area (Å²) in [6.45, 7) is 13.6.